The van der Waals surface area contributed by atoms with Crippen molar-refractivity contribution in [3.8, 4) is 0 Å². The Morgan fingerprint density at radius 1 is 1.24 bits per heavy atom. The van der Waals surface area contributed by atoms with Crippen molar-refractivity contribution in [1.82, 2.24) is 9.80 Å². The van der Waals surface area contributed by atoms with Crippen molar-refractivity contribution in [2.24, 2.45) is 0 Å². The van der Waals surface area contributed by atoms with Gasteiger partial charge < -0.3 is 20.2 Å². The van der Waals surface area contributed by atoms with Gasteiger partial charge in [0.15, 0.2) is 0 Å². The van der Waals surface area contributed by atoms with E-state index >= 15 is 0 Å². The predicted octanol–water partition coefficient (Wildman–Crippen LogP) is 0.620. The number of aliphatic carboxylic acids is 1. The monoisotopic (exact) mass is 291 g/mol. The molecule has 1 fully saturated rings. The molecule has 1 aromatic carbocycles. The van der Waals surface area contributed by atoms with E-state index in [2.05, 4.69) is 5.32 Å². The Kier molecular flexibility index (Phi) is 4.42. The van der Waals surface area contributed by atoms with Gasteiger partial charge in [0.05, 0.1) is 6.42 Å². The van der Waals surface area contributed by atoms with Crippen LogP contribution in [-0.2, 0) is 16.0 Å². The van der Waals surface area contributed by atoms with Crippen LogP contribution in [0.25, 0.3) is 0 Å². The zero-order valence-corrected chi connectivity index (χ0v) is 11.7. The van der Waals surface area contributed by atoms with Crippen molar-refractivity contribution in [2.45, 2.75) is 6.42 Å². The molecule has 0 atom stereocenters. The number of anilines is 1. The number of hydrogen-bond donors (Lipinski definition) is 2. The summed E-state index contributed by atoms with van der Waals surface area (Å²) in [5.41, 5.74) is 1.23. The second kappa shape index (κ2) is 6.25. The molecule has 0 aliphatic carbocycles. The van der Waals surface area contributed by atoms with Gasteiger partial charge in [-0.15, -0.1) is 0 Å². The van der Waals surface area contributed by atoms with Gasteiger partial charge in [-0.05, 0) is 17.7 Å². The van der Waals surface area contributed by atoms with Gasteiger partial charge in [-0.1, -0.05) is 12.1 Å². The number of likely N-dealkylation sites (N-methyl/N-ethyl adjacent to an activating group) is 1. The minimum Gasteiger partial charge on any atom is -0.481 e. The molecule has 3 amide bonds. The Hall–Kier alpha value is -2.57. The first-order valence-electron chi connectivity index (χ1n) is 6.56. The molecule has 7 heteroatoms. The summed E-state index contributed by atoms with van der Waals surface area (Å²) in [6.07, 6.45) is -0.0544. The van der Waals surface area contributed by atoms with Crippen LogP contribution in [0.4, 0.5) is 10.5 Å². The molecule has 0 unspecified atom stereocenters. The molecule has 1 saturated heterocycles. The number of nitrogens with zero attached hydrogens (tertiary/aromatic N) is 2. The zero-order valence-electron chi connectivity index (χ0n) is 11.7. The van der Waals surface area contributed by atoms with Gasteiger partial charge >= 0.3 is 12.0 Å². The number of carboxylic acid groups (broad SMARTS) is 1. The molecule has 1 aromatic rings. The van der Waals surface area contributed by atoms with Gasteiger partial charge in [-0.2, -0.15) is 0 Å². The van der Waals surface area contributed by atoms with Crippen molar-refractivity contribution >= 4 is 23.6 Å². The van der Waals surface area contributed by atoms with Gasteiger partial charge in [0, 0.05) is 25.8 Å². The van der Waals surface area contributed by atoms with E-state index in [4.69, 9.17) is 5.11 Å². The smallest absolute Gasteiger partial charge is 0.322 e. The lowest BCUT2D eigenvalue weighted by Gasteiger charge is -2.31. The molecule has 2 rings (SSSR count). The fourth-order valence-electron chi connectivity index (χ4n) is 2.01. The number of hydrogen-bond acceptors (Lipinski definition) is 3. The van der Waals surface area contributed by atoms with Gasteiger partial charge in [0.2, 0.25) is 5.91 Å². The number of urea groups is 1. The number of nitrogens with one attached hydrogen (secondary N) is 1. The van der Waals surface area contributed by atoms with Crippen LogP contribution < -0.4 is 5.32 Å². The molecule has 0 radical (unpaired) electrons. The van der Waals surface area contributed by atoms with Crippen LogP contribution in [0.5, 0.6) is 0 Å². The van der Waals surface area contributed by atoms with E-state index < -0.39 is 5.97 Å². The number of piperazine rings is 1. The fourth-order valence-corrected chi connectivity index (χ4v) is 2.01. The van der Waals surface area contributed by atoms with Crippen molar-refractivity contribution in [1.29, 1.82) is 0 Å². The first-order valence-corrected chi connectivity index (χ1v) is 6.56. The Labute approximate surface area is 122 Å². The lowest BCUT2D eigenvalue weighted by atomic mass is 10.1. The molecule has 1 heterocycles. The molecule has 2 N–H and O–H groups in total. The van der Waals surface area contributed by atoms with Crippen LogP contribution in [0.1, 0.15) is 5.56 Å². The van der Waals surface area contributed by atoms with Crippen LogP contribution in [0.15, 0.2) is 24.3 Å². The molecule has 0 spiro atoms. The molecule has 1 aliphatic heterocycles. The van der Waals surface area contributed by atoms with Crippen molar-refractivity contribution in [2.75, 3.05) is 32.0 Å². The molecular formula is C14H17N3O4. The van der Waals surface area contributed by atoms with E-state index in [1.807, 2.05) is 0 Å². The molecule has 7 nitrogen and oxygen atoms in total. The first-order chi connectivity index (χ1) is 9.95. The highest BCUT2D eigenvalue weighted by Gasteiger charge is 2.24. The lowest BCUT2D eigenvalue weighted by Crippen LogP contribution is -2.51. The van der Waals surface area contributed by atoms with Crippen LogP contribution in [0, 0.1) is 0 Å². The van der Waals surface area contributed by atoms with Crippen molar-refractivity contribution < 1.29 is 19.5 Å². The van der Waals surface area contributed by atoms with Crippen molar-refractivity contribution in [3.05, 3.63) is 29.8 Å². The number of amides is 3. The van der Waals surface area contributed by atoms with E-state index in [0.717, 1.165) is 0 Å². The molecule has 0 bridgehead atoms. The molecule has 112 valence electrons. The summed E-state index contributed by atoms with van der Waals surface area (Å²) in [4.78, 5) is 37.2. The maximum absolute atomic E-state index is 12.0. The van der Waals surface area contributed by atoms with Crippen molar-refractivity contribution in [3.63, 3.8) is 0 Å². The molecule has 0 saturated carbocycles. The maximum atomic E-state index is 12.0. The fraction of sp³-hybridized carbons (Fsp3) is 0.357. The average molecular weight is 291 g/mol. The van der Waals surface area contributed by atoms with Gasteiger partial charge in [-0.25, -0.2) is 4.79 Å². The van der Waals surface area contributed by atoms with Crippen LogP contribution in [0.2, 0.25) is 0 Å². The van der Waals surface area contributed by atoms with Crippen LogP contribution in [-0.4, -0.2) is 59.5 Å². The molecule has 0 aromatic heterocycles. The maximum Gasteiger partial charge on any atom is 0.322 e. The summed E-state index contributed by atoms with van der Waals surface area (Å²) >= 11 is 0. The summed E-state index contributed by atoms with van der Waals surface area (Å²) < 4.78 is 0. The summed E-state index contributed by atoms with van der Waals surface area (Å²) in [6.45, 7) is 1.08. The van der Waals surface area contributed by atoms with E-state index in [-0.39, 0.29) is 24.9 Å². The SMILES string of the molecule is CN1CCN(C(=O)Nc2ccc(CC(=O)O)cc2)CC1=O. The highest BCUT2D eigenvalue weighted by molar-refractivity contribution is 5.93. The van der Waals surface area contributed by atoms with Gasteiger partial charge in [-0.3, -0.25) is 9.59 Å². The number of benzene rings is 1. The predicted molar refractivity (Wildman–Crippen MR) is 76.0 cm³/mol. The minimum atomic E-state index is -0.900. The van der Waals surface area contributed by atoms with E-state index in [1.54, 1.807) is 36.2 Å². The normalized spacial score (nSPS) is 15.0. The molecular weight excluding hydrogens is 274 g/mol. The van der Waals surface area contributed by atoms with Crippen LogP contribution >= 0.6 is 0 Å². The highest BCUT2D eigenvalue weighted by Crippen LogP contribution is 2.12. The van der Waals surface area contributed by atoms with Crippen LogP contribution in [0.3, 0.4) is 0 Å². The molecule has 1 aliphatic rings. The van der Waals surface area contributed by atoms with E-state index in [9.17, 15) is 14.4 Å². The number of rotatable bonds is 3. The summed E-state index contributed by atoms with van der Waals surface area (Å²) in [6, 6.07) is 6.27. The summed E-state index contributed by atoms with van der Waals surface area (Å²) in [5.74, 6) is -0.990. The number of carbonyl (C=O) groups is 3. The Morgan fingerprint density at radius 2 is 1.90 bits per heavy atom. The number of carboxylic acids is 1. The Balaban J connectivity index is 1.93. The van der Waals surface area contributed by atoms with E-state index in [1.165, 1.54) is 4.90 Å². The third-order valence-electron chi connectivity index (χ3n) is 3.30. The molecule has 21 heavy (non-hydrogen) atoms. The van der Waals surface area contributed by atoms with Gasteiger partial charge in [0.25, 0.3) is 0 Å². The third kappa shape index (κ3) is 3.95. The average Bonchev–Trinajstić information content (AvgIpc) is 2.43. The summed E-state index contributed by atoms with van der Waals surface area (Å²) in [7, 11) is 1.71. The minimum absolute atomic E-state index is 0.0544. The second-order valence-corrected chi connectivity index (χ2v) is 4.93. The zero-order chi connectivity index (χ0) is 15.4. The standard InChI is InChI=1S/C14H17N3O4/c1-16-6-7-17(9-12(16)18)14(21)15-11-4-2-10(3-5-11)8-13(19)20/h2-5H,6-9H2,1H3,(H,15,21)(H,19,20). The third-order valence-corrected chi connectivity index (χ3v) is 3.30. The largest absolute Gasteiger partial charge is 0.481 e. The first kappa shape index (κ1) is 14.8. The Bertz CT molecular complexity index is 556. The number of carbonyl (C=O) groups excluding carboxylic acids is 2. The highest BCUT2D eigenvalue weighted by atomic mass is 16.4. The second-order valence-electron chi connectivity index (χ2n) is 4.93. The van der Waals surface area contributed by atoms with Gasteiger partial charge in [0.1, 0.15) is 6.54 Å². The quantitative estimate of drug-likeness (QED) is 0.854. The lowest BCUT2D eigenvalue weighted by molar-refractivity contribution is -0.136. The summed E-state index contributed by atoms with van der Waals surface area (Å²) in [5, 5.41) is 11.4. The Morgan fingerprint density at radius 3 is 2.48 bits per heavy atom. The van der Waals surface area contributed by atoms with E-state index in [0.29, 0.717) is 24.3 Å². The topological polar surface area (TPSA) is 89.9 Å².